The summed E-state index contributed by atoms with van der Waals surface area (Å²) in [5.74, 6) is 0.311. The molecule has 0 aliphatic rings. The van der Waals surface area contributed by atoms with E-state index >= 15 is 0 Å². The summed E-state index contributed by atoms with van der Waals surface area (Å²) >= 11 is 0. The van der Waals surface area contributed by atoms with Crippen molar-refractivity contribution in [3.8, 4) is 11.5 Å². The van der Waals surface area contributed by atoms with Crippen LogP contribution in [0.2, 0.25) is 0 Å². The van der Waals surface area contributed by atoms with E-state index in [0.717, 1.165) is 16.1 Å². The van der Waals surface area contributed by atoms with Crippen molar-refractivity contribution in [2.75, 3.05) is 17.1 Å². The molecule has 0 heterocycles. The van der Waals surface area contributed by atoms with Crippen LogP contribution in [0.5, 0.6) is 11.5 Å². The van der Waals surface area contributed by atoms with Gasteiger partial charge in [-0.15, -0.1) is 0 Å². The number of sulfonamides is 1. The number of hydrogen-bond donors (Lipinski definition) is 3. The highest BCUT2D eigenvalue weighted by Crippen LogP contribution is 2.26. The van der Waals surface area contributed by atoms with E-state index in [2.05, 4.69) is 0 Å². The lowest BCUT2D eigenvalue weighted by Crippen LogP contribution is -2.48. The molecule has 8 nitrogen and oxygen atoms in total. The summed E-state index contributed by atoms with van der Waals surface area (Å²) in [4.78, 5) is 11.4. The Morgan fingerprint density at radius 1 is 1.15 bits per heavy atom. The Morgan fingerprint density at radius 3 is 2.12 bits per heavy atom. The highest BCUT2D eigenvalue weighted by Gasteiger charge is 2.24. The Bertz CT molecular complexity index is 851. The van der Waals surface area contributed by atoms with E-state index in [-0.39, 0.29) is 6.54 Å². The normalized spacial score (nSPS) is 12.3. The summed E-state index contributed by atoms with van der Waals surface area (Å²) in [6.07, 6.45) is 1.01. The van der Waals surface area contributed by atoms with E-state index in [1.165, 1.54) is 5.48 Å². The molecule has 0 aromatic heterocycles. The number of amides is 1. The highest BCUT2D eigenvalue weighted by molar-refractivity contribution is 7.92. The van der Waals surface area contributed by atoms with Gasteiger partial charge in [-0.25, -0.2) is 13.9 Å². The number of carbonyl (C=O) groups is 1. The van der Waals surface area contributed by atoms with Crippen molar-refractivity contribution in [3.05, 3.63) is 54.1 Å². The number of nitrogens with one attached hydrogen (secondary N) is 1. The molecule has 0 fully saturated rings. The van der Waals surface area contributed by atoms with Crippen molar-refractivity contribution in [1.29, 1.82) is 0 Å². The zero-order valence-electron chi connectivity index (χ0n) is 14.4. The van der Waals surface area contributed by atoms with Crippen LogP contribution in [0.3, 0.4) is 0 Å². The van der Waals surface area contributed by atoms with Crippen LogP contribution >= 0.6 is 0 Å². The predicted molar refractivity (Wildman–Crippen MR) is 97.8 cm³/mol. The molecular weight excluding hydrogens is 358 g/mol. The Kier molecular flexibility index (Phi) is 6.19. The Morgan fingerprint density at radius 2 is 1.65 bits per heavy atom. The number of rotatable bonds is 7. The molecule has 0 saturated heterocycles. The molecule has 26 heavy (non-hydrogen) atoms. The standard InChI is InChI=1S/C17H21N3O5S/c1-12-3-7-14(8-4-12)25-15-9-5-13(6-10-15)20(26(2,23)24)11-16(18)17(21)19-22/h3-10,16,22H,11,18H2,1-2H3,(H,19,21)/t16-/m0/s1. The molecule has 0 radical (unpaired) electrons. The van der Waals surface area contributed by atoms with Crippen molar-refractivity contribution in [2.45, 2.75) is 13.0 Å². The SMILES string of the molecule is Cc1ccc(Oc2ccc(N(C[C@H](N)C(=O)NO)S(C)(=O)=O)cc2)cc1. The fourth-order valence-electron chi connectivity index (χ4n) is 2.20. The Balaban J connectivity index is 2.19. The number of aryl methyl sites for hydroxylation is 1. The molecule has 0 saturated carbocycles. The molecular formula is C17H21N3O5S. The second-order valence-electron chi connectivity index (χ2n) is 5.79. The fraction of sp³-hybridized carbons (Fsp3) is 0.235. The average Bonchev–Trinajstić information content (AvgIpc) is 2.60. The maximum absolute atomic E-state index is 12.0. The average molecular weight is 379 g/mol. The van der Waals surface area contributed by atoms with Crippen molar-refractivity contribution in [3.63, 3.8) is 0 Å². The molecule has 9 heteroatoms. The molecule has 0 bridgehead atoms. The molecule has 1 atom stereocenters. The van der Waals surface area contributed by atoms with Gasteiger partial charge in [0.1, 0.15) is 17.5 Å². The maximum atomic E-state index is 12.0. The molecule has 0 aliphatic heterocycles. The molecule has 2 aromatic rings. The Hall–Kier alpha value is -2.62. The molecule has 0 unspecified atom stereocenters. The minimum absolute atomic E-state index is 0.316. The van der Waals surface area contributed by atoms with Gasteiger partial charge in [-0.2, -0.15) is 0 Å². The Labute approximate surface area is 152 Å². The van der Waals surface area contributed by atoms with E-state index < -0.39 is 22.0 Å². The lowest BCUT2D eigenvalue weighted by Gasteiger charge is -2.25. The minimum Gasteiger partial charge on any atom is -0.457 e. The number of hydrogen-bond acceptors (Lipinski definition) is 6. The van der Waals surface area contributed by atoms with E-state index in [1.54, 1.807) is 24.3 Å². The van der Waals surface area contributed by atoms with E-state index in [4.69, 9.17) is 15.7 Å². The second-order valence-corrected chi connectivity index (χ2v) is 7.69. The van der Waals surface area contributed by atoms with Crippen LogP contribution in [-0.2, 0) is 14.8 Å². The summed E-state index contributed by atoms with van der Waals surface area (Å²) < 4.78 is 30.8. The molecule has 2 rings (SSSR count). The second kappa shape index (κ2) is 8.17. The van der Waals surface area contributed by atoms with Crippen LogP contribution in [0.25, 0.3) is 0 Å². The van der Waals surface area contributed by atoms with Gasteiger partial charge in [0.25, 0.3) is 5.91 Å². The van der Waals surface area contributed by atoms with Gasteiger partial charge in [-0.3, -0.25) is 14.3 Å². The molecule has 140 valence electrons. The van der Waals surface area contributed by atoms with Gasteiger partial charge in [0.05, 0.1) is 18.5 Å². The van der Waals surface area contributed by atoms with Gasteiger partial charge < -0.3 is 10.5 Å². The number of ether oxygens (including phenoxy) is 1. The van der Waals surface area contributed by atoms with Crippen LogP contribution in [-0.4, -0.2) is 38.4 Å². The highest BCUT2D eigenvalue weighted by atomic mass is 32.2. The van der Waals surface area contributed by atoms with Crippen molar-refractivity contribution >= 4 is 21.6 Å². The molecule has 1 amide bonds. The number of nitrogens with zero attached hydrogens (tertiary/aromatic N) is 1. The zero-order valence-corrected chi connectivity index (χ0v) is 15.2. The van der Waals surface area contributed by atoms with Crippen molar-refractivity contribution in [1.82, 2.24) is 5.48 Å². The van der Waals surface area contributed by atoms with Crippen LogP contribution < -0.4 is 20.3 Å². The van der Waals surface area contributed by atoms with Crippen LogP contribution in [0.1, 0.15) is 5.56 Å². The van der Waals surface area contributed by atoms with Gasteiger partial charge in [0.15, 0.2) is 0 Å². The van der Waals surface area contributed by atoms with E-state index in [0.29, 0.717) is 17.2 Å². The summed E-state index contributed by atoms with van der Waals surface area (Å²) in [5.41, 5.74) is 8.45. The quantitative estimate of drug-likeness (QED) is 0.494. The van der Waals surface area contributed by atoms with Gasteiger partial charge >= 0.3 is 0 Å². The molecule has 2 aromatic carbocycles. The first kappa shape index (κ1) is 19.7. The summed E-state index contributed by atoms with van der Waals surface area (Å²) in [6, 6.07) is 12.6. The monoisotopic (exact) mass is 379 g/mol. The predicted octanol–water partition coefficient (Wildman–Crippen LogP) is 1.39. The number of nitrogens with two attached hydrogens (primary N) is 1. The first-order valence-corrected chi connectivity index (χ1v) is 9.57. The number of benzene rings is 2. The van der Waals surface area contributed by atoms with Gasteiger partial charge in [0.2, 0.25) is 10.0 Å². The zero-order chi connectivity index (χ0) is 19.3. The van der Waals surface area contributed by atoms with Crippen molar-refractivity contribution in [2.24, 2.45) is 5.73 Å². The summed E-state index contributed by atoms with van der Waals surface area (Å²) in [6.45, 7) is 1.66. The number of carbonyl (C=O) groups excluding carboxylic acids is 1. The van der Waals surface area contributed by atoms with E-state index in [9.17, 15) is 13.2 Å². The first-order chi connectivity index (χ1) is 12.2. The van der Waals surface area contributed by atoms with E-state index in [1.807, 2.05) is 31.2 Å². The third-order valence-corrected chi connectivity index (χ3v) is 4.75. The first-order valence-electron chi connectivity index (χ1n) is 7.72. The molecule has 0 aliphatic carbocycles. The number of hydroxylamine groups is 1. The number of anilines is 1. The van der Waals surface area contributed by atoms with Gasteiger partial charge in [-0.05, 0) is 43.3 Å². The lowest BCUT2D eigenvalue weighted by molar-refractivity contribution is -0.130. The van der Waals surface area contributed by atoms with Gasteiger partial charge in [0, 0.05) is 0 Å². The molecule has 4 N–H and O–H groups in total. The van der Waals surface area contributed by atoms with Crippen molar-refractivity contribution < 1.29 is 23.2 Å². The maximum Gasteiger partial charge on any atom is 0.262 e. The van der Waals surface area contributed by atoms with Crippen LogP contribution in [0.4, 0.5) is 5.69 Å². The minimum atomic E-state index is -3.68. The fourth-order valence-corrected chi connectivity index (χ4v) is 3.14. The summed E-state index contributed by atoms with van der Waals surface area (Å²) in [7, 11) is -3.68. The third-order valence-electron chi connectivity index (χ3n) is 3.59. The topological polar surface area (TPSA) is 122 Å². The van der Waals surface area contributed by atoms with Gasteiger partial charge in [-0.1, -0.05) is 17.7 Å². The lowest BCUT2D eigenvalue weighted by atomic mass is 10.2. The third kappa shape index (κ3) is 5.19. The van der Waals surface area contributed by atoms with Crippen LogP contribution in [0.15, 0.2) is 48.5 Å². The smallest absolute Gasteiger partial charge is 0.262 e. The molecule has 0 spiro atoms. The van der Waals surface area contributed by atoms with Crippen LogP contribution in [0, 0.1) is 6.92 Å². The largest absolute Gasteiger partial charge is 0.457 e. The summed E-state index contributed by atoms with van der Waals surface area (Å²) in [5, 5.41) is 8.62.